The Kier molecular flexibility index (Phi) is 8.83. The van der Waals surface area contributed by atoms with Crippen LogP contribution in [0.4, 0.5) is 12.9 Å². The summed E-state index contributed by atoms with van der Waals surface area (Å²) < 4.78 is 47.6. The maximum Gasteiger partial charge on any atom is 1.00 e. The molecule has 7 heteroatoms. The van der Waals surface area contributed by atoms with Gasteiger partial charge in [0.15, 0.2) is 0 Å². The minimum atomic E-state index is -4.94. The first-order chi connectivity index (χ1) is 7.95. The van der Waals surface area contributed by atoms with Gasteiger partial charge in [0.2, 0.25) is 0 Å². The molecule has 0 aliphatic heterocycles. The summed E-state index contributed by atoms with van der Waals surface area (Å²) >= 11 is 0. The fourth-order valence-electron chi connectivity index (χ4n) is 1.42. The van der Waals surface area contributed by atoms with E-state index < -0.39 is 12.4 Å². The Morgan fingerprint density at radius 3 is 2.33 bits per heavy atom. The Labute approximate surface area is 148 Å². The molecule has 1 aromatic rings. The minimum absolute atomic E-state index is 0. The predicted molar refractivity (Wildman–Crippen MR) is 61.9 cm³/mol. The van der Waals surface area contributed by atoms with Gasteiger partial charge in [0, 0.05) is 20.1 Å². The van der Waals surface area contributed by atoms with Gasteiger partial charge in [0.05, 0.1) is 6.61 Å². The van der Waals surface area contributed by atoms with Gasteiger partial charge in [-0.1, -0.05) is 12.1 Å². The van der Waals surface area contributed by atoms with Crippen LogP contribution >= 0.6 is 0 Å². The second-order valence-corrected chi connectivity index (χ2v) is 3.79. The van der Waals surface area contributed by atoms with Crippen LogP contribution in [0.2, 0.25) is 0 Å². The number of rotatable bonds is 6. The molecule has 0 unspecified atom stereocenters. The Morgan fingerprint density at radius 1 is 1.17 bits per heavy atom. The van der Waals surface area contributed by atoms with Gasteiger partial charge < -0.3 is 22.4 Å². The van der Waals surface area contributed by atoms with Crippen LogP contribution in [-0.4, -0.2) is 27.3 Å². The van der Waals surface area contributed by atoms with E-state index >= 15 is 0 Å². The van der Waals surface area contributed by atoms with Gasteiger partial charge in [0.1, 0.15) is 5.75 Å². The summed E-state index contributed by atoms with van der Waals surface area (Å²) in [5.74, 6) is 0.491. The largest absolute Gasteiger partial charge is 1.00 e. The van der Waals surface area contributed by atoms with E-state index in [4.69, 9.17) is 9.47 Å². The van der Waals surface area contributed by atoms with Crippen molar-refractivity contribution in [1.29, 1.82) is 0 Å². The van der Waals surface area contributed by atoms with Crippen molar-refractivity contribution in [2.24, 2.45) is 0 Å². The predicted octanol–water partition coefficient (Wildman–Crippen LogP) is -0.531. The fraction of sp³-hybridized carbons (Fsp3) is 0.455. The summed E-state index contributed by atoms with van der Waals surface area (Å²) in [7, 11) is 1.59. The smallest absolute Gasteiger partial charge is 0.493 e. The van der Waals surface area contributed by atoms with Crippen molar-refractivity contribution in [3.05, 3.63) is 23.8 Å². The van der Waals surface area contributed by atoms with E-state index in [0.29, 0.717) is 30.9 Å². The summed E-state index contributed by atoms with van der Waals surface area (Å²) in [5, 5.41) is 0. The summed E-state index contributed by atoms with van der Waals surface area (Å²) in [4.78, 5) is 0. The van der Waals surface area contributed by atoms with Gasteiger partial charge >= 0.3 is 58.4 Å². The van der Waals surface area contributed by atoms with Gasteiger partial charge in [0.25, 0.3) is 0 Å². The monoisotopic (exact) mass is 286 g/mol. The molecule has 0 amide bonds. The maximum atomic E-state index is 12.5. The van der Waals surface area contributed by atoms with Crippen molar-refractivity contribution >= 4 is 12.4 Å². The van der Waals surface area contributed by atoms with Crippen LogP contribution in [0.25, 0.3) is 0 Å². The molecule has 96 valence electrons. The third kappa shape index (κ3) is 6.08. The van der Waals surface area contributed by atoms with E-state index in [-0.39, 0.29) is 51.4 Å². The summed E-state index contributed by atoms with van der Waals surface area (Å²) in [6.45, 7) is -2.32. The molecule has 18 heavy (non-hydrogen) atoms. The number of benzene rings is 1. The second-order valence-electron chi connectivity index (χ2n) is 3.79. The molecule has 0 radical (unpaired) electrons. The Bertz CT molecular complexity index is 372. The first kappa shape index (κ1) is 18.5. The summed E-state index contributed by atoms with van der Waals surface area (Å²) in [6.07, 6.45) is 0.709. The Hall–Kier alpha value is 0.471. The standard InChI is InChI=1S/C11H15BF3O2.K/c1-9-8-10(12(13,14)15)4-5-11(9)17-7-3-6-16-2;/h4-5,8H,3,6-7H2,1-2H3;/q-1;+1. The zero-order chi connectivity index (χ0) is 12.9. The van der Waals surface area contributed by atoms with Gasteiger partial charge in [-0.2, -0.15) is 0 Å². The van der Waals surface area contributed by atoms with Crippen molar-refractivity contribution in [2.45, 2.75) is 13.3 Å². The fourth-order valence-corrected chi connectivity index (χ4v) is 1.42. The van der Waals surface area contributed by atoms with Gasteiger partial charge in [-0.25, -0.2) is 0 Å². The molecule has 0 aliphatic carbocycles. The molecule has 0 aromatic heterocycles. The number of halogens is 3. The van der Waals surface area contributed by atoms with Gasteiger partial charge in [-0.3, -0.25) is 0 Å². The molecule has 0 saturated carbocycles. The second kappa shape index (κ2) is 8.60. The van der Waals surface area contributed by atoms with Crippen LogP contribution in [0.1, 0.15) is 12.0 Å². The molecule has 0 saturated heterocycles. The average Bonchev–Trinajstić information content (AvgIpc) is 2.24. The third-order valence-electron chi connectivity index (χ3n) is 2.33. The average molecular weight is 286 g/mol. The molecule has 0 heterocycles. The first-order valence-corrected chi connectivity index (χ1v) is 5.37. The number of hydrogen-bond acceptors (Lipinski definition) is 2. The number of aryl methyl sites for hydroxylation is 1. The molecular weight excluding hydrogens is 271 g/mol. The van der Waals surface area contributed by atoms with E-state index in [1.54, 1.807) is 14.0 Å². The van der Waals surface area contributed by atoms with E-state index in [1.807, 2.05) is 0 Å². The van der Waals surface area contributed by atoms with Gasteiger partial charge in [-0.15, -0.1) is 5.46 Å². The van der Waals surface area contributed by atoms with Crippen LogP contribution < -0.4 is 61.6 Å². The molecule has 0 bridgehead atoms. The molecule has 0 fully saturated rings. The van der Waals surface area contributed by atoms with Crippen LogP contribution in [0, 0.1) is 6.92 Å². The van der Waals surface area contributed by atoms with Crippen LogP contribution in [0.5, 0.6) is 5.75 Å². The Morgan fingerprint density at radius 2 is 1.83 bits per heavy atom. The molecule has 0 aliphatic rings. The van der Waals surface area contributed by atoms with Crippen LogP contribution in [-0.2, 0) is 4.74 Å². The molecule has 1 aromatic carbocycles. The zero-order valence-corrected chi connectivity index (χ0v) is 14.0. The van der Waals surface area contributed by atoms with E-state index in [2.05, 4.69) is 0 Å². The zero-order valence-electron chi connectivity index (χ0n) is 10.9. The molecule has 0 atom stereocenters. The molecule has 0 spiro atoms. The summed E-state index contributed by atoms with van der Waals surface area (Å²) in [6, 6.07) is 3.54. The van der Waals surface area contributed by atoms with Crippen molar-refractivity contribution in [3.8, 4) is 5.75 Å². The molecular formula is C11H15BF3KO2. The van der Waals surface area contributed by atoms with E-state index in [9.17, 15) is 12.9 Å². The van der Waals surface area contributed by atoms with Gasteiger partial charge in [-0.05, 0) is 18.6 Å². The minimum Gasteiger partial charge on any atom is -0.493 e. The molecule has 1 rings (SSSR count). The number of methoxy groups -OCH3 is 1. The maximum absolute atomic E-state index is 12.5. The number of ether oxygens (including phenoxy) is 2. The van der Waals surface area contributed by atoms with Crippen LogP contribution in [0.3, 0.4) is 0 Å². The SMILES string of the molecule is COCCCOc1ccc([B-](F)(F)F)cc1C.[K+]. The third-order valence-corrected chi connectivity index (χ3v) is 2.33. The van der Waals surface area contributed by atoms with Crippen molar-refractivity contribution in [3.63, 3.8) is 0 Å². The van der Waals surface area contributed by atoms with Crippen molar-refractivity contribution < 1.29 is 73.8 Å². The Balaban J connectivity index is 0.00000289. The van der Waals surface area contributed by atoms with Crippen LogP contribution in [0.15, 0.2) is 18.2 Å². The topological polar surface area (TPSA) is 18.5 Å². The molecule has 0 N–H and O–H groups in total. The number of hydrogen-bond donors (Lipinski definition) is 0. The first-order valence-electron chi connectivity index (χ1n) is 5.37. The van der Waals surface area contributed by atoms with Crippen molar-refractivity contribution in [2.75, 3.05) is 20.3 Å². The summed E-state index contributed by atoms with van der Waals surface area (Å²) in [5.41, 5.74) is -0.0918. The quantitative estimate of drug-likeness (QED) is 0.517. The van der Waals surface area contributed by atoms with E-state index in [0.717, 1.165) is 12.1 Å². The normalized spacial score (nSPS) is 10.9. The van der Waals surface area contributed by atoms with Crippen molar-refractivity contribution in [1.82, 2.24) is 0 Å². The van der Waals surface area contributed by atoms with E-state index in [1.165, 1.54) is 6.07 Å². The molecule has 2 nitrogen and oxygen atoms in total.